The lowest BCUT2D eigenvalue weighted by Crippen LogP contribution is -2.35. The zero-order valence-electron chi connectivity index (χ0n) is 9.32. The maximum atomic E-state index is 11.8. The van der Waals surface area contributed by atoms with Gasteiger partial charge in [0.1, 0.15) is 0 Å². The maximum absolute atomic E-state index is 11.8. The molecule has 86 valence electrons. The molecule has 1 atom stereocenters. The lowest BCUT2D eigenvalue weighted by Gasteiger charge is -2.11. The van der Waals surface area contributed by atoms with Crippen LogP contribution in [0, 0.1) is 0 Å². The van der Waals surface area contributed by atoms with Crippen LogP contribution in [0.4, 0.5) is 5.69 Å². The normalized spacial score (nSPS) is 19.7. The molecule has 0 aliphatic carbocycles. The van der Waals surface area contributed by atoms with Crippen molar-refractivity contribution in [3.05, 3.63) is 24.3 Å². The van der Waals surface area contributed by atoms with Crippen LogP contribution in [0.25, 0.3) is 0 Å². The summed E-state index contributed by atoms with van der Waals surface area (Å²) in [5.41, 5.74) is 0.872. The summed E-state index contributed by atoms with van der Waals surface area (Å²) in [5, 5.41) is 6.11. The largest absolute Gasteiger partial charge is 0.325 e. The van der Waals surface area contributed by atoms with E-state index in [0.717, 1.165) is 25.1 Å². The van der Waals surface area contributed by atoms with Crippen LogP contribution in [0.3, 0.4) is 0 Å². The Hall–Kier alpha value is -1.00. The Morgan fingerprint density at radius 3 is 2.75 bits per heavy atom. The molecular formula is C12H16N2OS. The highest BCUT2D eigenvalue weighted by Gasteiger charge is 2.21. The Morgan fingerprint density at radius 1 is 1.44 bits per heavy atom. The number of amides is 1. The number of hydrogen-bond donors (Lipinski definition) is 2. The molecule has 0 aromatic heterocycles. The van der Waals surface area contributed by atoms with E-state index in [9.17, 15) is 4.79 Å². The summed E-state index contributed by atoms with van der Waals surface area (Å²) in [6, 6.07) is 7.91. The van der Waals surface area contributed by atoms with Crippen LogP contribution >= 0.6 is 11.8 Å². The highest BCUT2D eigenvalue weighted by Crippen LogP contribution is 2.18. The summed E-state index contributed by atoms with van der Waals surface area (Å²) in [5.74, 6) is 0.0781. The fraction of sp³-hybridized carbons (Fsp3) is 0.417. The SMILES string of the molecule is CSc1ccc(NC(=O)C2CCCN2)cc1. The van der Waals surface area contributed by atoms with Crippen molar-refractivity contribution in [2.24, 2.45) is 0 Å². The minimum absolute atomic E-state index is 0.0137. The molecule has 1 aliphatic rings. The molecule has 1 aromatic carbocycles. The summed E-state index contributed by atoms with van der Waals surface area (Å²) in [6.45, 7) is 0.948. The third-order valence-electron chi connectivity index (χ3n) is 2.73. The van der Waals surface area contributed by atoms with Gasteiger partial charge in [0.05, 0.1) is 6.04 Å². The molecule has 1 amide bonds. The molecule has 1 unspecified atom stereocenters. The minimum atomic E-state index is -0.0137. The first kappa shape index (κ1) is 11.5. The van der Waals surface area contributed by atoms with Gasteiger partial charge in [-0.25, -0.2) is 0 Å². The Morgan fingerprint density at radius 2 is 2.19 bits per heavy atom. The molecule has 2 N–H and O–H groups in total. The number of benzene rings is 1. The molecule has 0 radical (unpaired) electrons. The molecule has 2 rings (SSSR count). The summed E-state index contributed by atoms with van der Waals surface area (Å²) in [4.78, 5) is 13.0. The highest BCUT2D eigenvalue weighted by molar-refractivity contribution is 7.98. The maximum Gasteiger partial charge on any atom is 0.241 e. The van der Waals surface area contributed by atoms with Crippen molar-refractivity contribution in [3.8, 4) is 0 Å². The van der Waals surface area contributed by atoms with Gasteiger partial charge in [0, 0.05) is 10.6 Å². The van der Waals surface area contributed by atoms with Gasteiger partial charge in [0.2, 0.25) is 5.91 Å². The standard InChI is InChI=1S/C12H16N2OS/c1-16-10-6-4-9(5-7-10)14-12(15)11-3-2-8-13-11/h4-7,11,13H,2-3,8H2,1H3,(H,14,15). The van der Waals surface area contributed by atoms with E-state index in [4.69, 9.17) is 0 Å². The molecule has 1 fully saturated rings. The van der Waals surface area contributed by atoms with Gasteiger partial charge in [-0.3, -0.25) is 4.79 Å². The summed E-state index contributed by atoms with van der Waals surface area (Å²) < 4.78 is 0. The van der Waals surface area contributed by atoms with Crippen LogP contribution in [0.5, 0.6) is 0 Å². The first-order chi connectivity index (χ1) is 7.79. The van der Waals surface area contributed by atoms with Gasteiger partial charge in [-0.2, -0.15) is 0 Å². The van der Waals surface area contributed by atoms with Crippen LogP contribution in [-0.4, -0.2) is 24.7 Å². The second kappa shape index (κ2) is 5.37. The third-order valence-corrected chi connectivity index (χ3v) is 3.48. The first-order valence-electron chi connectivity index (χ1n) is 5.48. The lowest BCUT2D eigenvalue weighted by molar-refractivity contribution is -0.117. The van der Waals surface area contributed by atoms with E-state index in [1.165, 1.54) is 4.90 Å². The summed E-state index contributed by atoms with van der Waals surface area (Å²) in [6.07, 6.45) is 4.06. The summed E-state index contributed by atoms with van der Waals surface area (Å²) in [7, 11) is 0. The topological polar surface area (TPSA) is 41.1 Å². The molecular weight excluding hydrogens is 220 g/mol. The van der Waals surface area contributed by atoms with Gasteiger partial charge >= 0.3 is 0 Å². The second-order valence-corrected chi connectivity index (χ2v) is 4.75. The van der Waals surface area contributed by atoms with Gasteiger partial charge in [0.15, 0.2) is 0 Å². The molecule has 3 nitrogen and oxygen atoms in total. The van der Waals surface area contributed by atoms with Gasteiger partial charge in [0.25, 0.3) is 0 Å². The average molecular weight is 236 g/mol. The molecule has 4 heteroatoms. The minimum Gasteiger partial charge on any atom is -0.325 e. The quantitative estimate of drug-likeness (QED) is 0.790. The van der Waals surface area contributed by atoms with Crippen molar-refractivity contribution in [3.63, 3.8) is 0 Å². The molecule has 0 bridgehead atoms. The van der Waals surface area contributed by atoms with Crippen LogP contribution in [0.2, 0.25) is 0 Å². The van der Waals surface area contributed by atoms with Crippen LogP contribution < -0.4 is 10.6 Å². The van der Waals surface area contributed by atoms with Crippen molar-refractivity contribution in [1.82, 2.24) is 5.32 Å². The highest BCUT2D eigenvalue weighted by atomic mass is 32.2. The van der Waals surface area contributed by atoms with Gasteiger partial charge < -0.3 is 10.6 Å². The number of nitrogens with one attached hydrogen (secondary N) is 2. The number of anilines is 1. The number of carbonyl (C=O) groups is 1. The van der Waals surface area contributed by atoms with E-state index in [1.807, 2.05) is 30.5 Å². The van der Waals surface area contributed by atoms with Crippen molar-refractivity contribution < 1.29 is 4.79 Å². The third kappa shape index (κ3) is 2.77. The molecule has 0 spiro atoms. The number of rotatable bonds is 3. The van der Waals surface area contributed by atoms with Gasteiger partial charge in [-0.1, -0.05) is 0 Å². The van der Waals surface area contributed by atoms with Crippen LogP contribution in [-0.2, 0) is 4.79 Å². The smallest absolute Gasteiger partial charge is 0.241 e. The van der Waals surface area contributed by atoms with Crippen molar-refractivity contribution in [1.29, 1.82) is 0 Å². The van der Waals surface area contributed by atoms with E-state index in [-0.39, 0.29) is 11.9 Å². The second-order valence-electron chi connectivity index (χ2n) is 3.87. The van der Waals surface area contributed by atoms with Crippen molar-refractivity contribution in [2.45, 2.75) is 23.8 Å². The Labute approximate surface area is 100.0 Å². The Balaban J connectivity index is 1.94. The zero-order valence-corrected chi connectivity index (χ0v) is 10.1. The number of carbonyl (C=O) groups excluding carboxylic acids is 1. The predicted molar refractivity (Wildman–Crippen MR) is 67.9 cm³/mol. The molecule has 1 aromatic rings. The van der Waals surface area contributed by atoms with Crippen molar-refractivity contribution in [2.75, 3.05) is 18.1 Å². The van der Waals surface area contributed by atoms with E-state index < -0.39 is 0 Å². The fourth-order valence-electron chi connectivity index (χ4n) is 1.81. The summed E-state index contributed by atoms with van der Waals surface area (Å²) >= 11 is 1.70. The monoisotopic (exact) mass is 236 g/mol. The molecule has 1 aliphatic heterocycles. The Kier molecular flexibility index (Phi) is 3.85. The molecule has 0 saturated carbocycles. The van der Waals surface area contributed by atoms with Crippen LogP contribution in [0.1, 0.15) is 12.8 Å². The van der Waals surface area contributed by atoms with Gasteiger partial charge in [-0.15, -0.1) is 11.8 Å². The number of hydrogen-bond acceptors (Lipinski definition) is 3. The number of thioether (sulfide) groups is 1. The fourth-order valence-corrected chi connectivity index (χ4v) is 2.22. The van der Waals surface area contributed by atoms with E-state index in [0.29, 0.717) is 0 Å². The zero-order chi connectivity index (χ0) is 11.4. The van der Waals surface area contributed by atoms with E-state index in [1.54, 1.807) is 11.8 Å². The average Bonchev–Trinajstić information content (AvgIpc) is 2.83. The Bertz CT molecular complexity index is 358. The molecule has 16 heavy (non-hydrogen) atoms. The van der Waals surface area contributed by atoms with Crippen molar-refractivity contribution >= 4 is 23.4 Å². The first-order valence-corrected chi connectivity index (χ1v) is 6.70. The van der Waals surface area contributed by atoms with E-state index >= 15 is 0 Å². The lowest BCUT2D eigenvalue weighted by atomic mass is 10.2. The van der Waals surface area contributed by atoms with E-state index in [2.05, 4.69) is 10.6 Å². The van der Waals surface area contributed by atoms with Crippen LogP contribution in [0.15, 0.2) is 29.2 Å². The van der Waals surface area contributed by atoms with Gasteiger partial charge in [-0.05, 0) is 49.9 Å². The molecule has 1 saturated heterocycles. The molecule has 1 heterocycles. The predicted octanol–water partition coefficient (Wildman–Crippen LogP) is 2.10.